The summed E-state index contributed by atoms with van der Waals surface area (Å²) in [6, 6.07) is 12.5. The van der Waals surface area contributed by atoms with Crippen LogP contribution in [0.4, 0.5) is 5.69 Å². The molecule has 7 heteroatoms. The molecule has 4 rings (SSSR count). The van der Waals surface area contributed by atoms with E-state index in [1.54, 1.807) is 30.3 Å². The van der Waals surface area contributed by atoms with E-state index in [1.807, 2.05) is 17.0 Å². The summed E-state index contributed by atoms with van der Waals surface area (Å²) < 4.78 is 27.7. The Morgan fingerprint density at radius 1 is 1.15 bits per heavy atom. The molecule has 5 nitrogen and oxygen atoms in total. The number of hydrogen-bond acceptors (Lipinski definition) is 3. The summed E-state index contributed by atoms with van der Waals surface area (Å²) in [7, 11) is -3.59. The molecule has 1 amide bonds. The summed E-state index contributed by atoms with van der Waals surface area (Å²) >= 11 is 6.07. The van der Waals surface area contributed by atoms with Crippen LogP contribution in [0.2, 0.25) is 5.02 Å². The van der Waals surface area contributed by atoms with Crippen molar-refractivity contribution in [2.75, 3.05) is 11.3 Å². The first kappa shape index (κ1) is 18.3. The van der Waals surface area contributed by atoms with E-state index in [0.717, 1.165) is 31.4 Å². The zero-order valence-electron chi connectivity index (χ0n) is 14.8. The van der Waals surface area contributed by atoms with Crippen LogP contribution in [0, 0.1) is 5.92 Å². The molecule has 0 bridgehead atoms. The zero-order chi connectivity index (χ0) is 19.0. The third-order valence-corrected chi connectivity index (χ3v) is 6.64. The normalized spacial score (nSPS) is 16.7. The van der Waals surface area contributed by atoms with Gasteiger partial charge in [-0.1, -0.05) is 35.9 Å². The van der Waals surface area contributed by atoms with Crippen molar-refractivity contribution in [3.8, 4) is 0 Å². The molecule has 142 valence electrons. The number of anilines is 1. The summed E-state index contributed by atoms with van der Waals surface area (Å²) in [5.41, 5.74) is 3.25. The average Bonchev–Trinajstić information content (AvgIpc) is 3.47. The number of sulfonamides is 1. The topological polar surface area (TPSA) is 66.5 Å². The predicted molar refractivity (Wildman–Crippen MR) is 106 cm³/mol. The van der Waals surface area contributed by atoms with E-state index in [4.69, 9.17) is 11.6 Å². The number of amides is 1. The third-order valence-electron chi connectivity index (χ3n) is 5.03. The number of nitrogens with zero attached hydrogens (tertiary/aromatic N) is 1. The molecule has 1 fully saturated rings. The van der Waals surface area contributed by atoms with Gasteiger partial charge in [-0.3, -0.25) is 9.52 Å². The van der Waals surface area contributed by atoms with Crippen molar-refractivity contribution in [2.24, 2.45) is 5.92 Å². The highest BCUT2D eigenvalue weighted by Gasteiger charge is 2.34. The van der Waals surface area contributed by atoms with Gasteiger partial charge in [0.05, 0.1) is 5.75 Å². The number of carbonyl (C=O) groups excluding carboxylic acids is 1. The maximum Gasteiger partial charge on any atom is 0.236 e. The lowest BCUT2D eigenvalue weighted by molar-refractivity contribution is -0.133. The molecule has 2 aromatic carbocycles. The van der Waals surface area contributed by atoms with Crippen LogP contribution in [0.5, 0.6) is 0 Å². The highest BCUT2D eigenvalue weighted by atomic mass is 35.5. The molecule has 0 radical (unpaired) electrons. The molecule has 27 heavy (non-hydrogen) atoms. The first-order valence-electron chi connectivity index (χ1n) is 9.06. The fourth-order valence-corrected chi connectivity index (χ4v) is 4.93. The maximum atomic E-state index is 12.5. The van der Waals surface area contributed by atoms with Crippen LogP contribution in [-0.4, -0.2) is 25.8 Å². The molecule has 1 aliphatic carbocycles. The Labute approximate surface area is 164 Å². The summed E-state index contributed by atoms with van der Waals surface area (Å²) in [6.07, 6.45) is 2.79. The van der Waals surface area contributed by atoms with Crippen LogP contribution >= 0.6 is 11.6 Å². The van der Waals surface area contributed by atoms with Gasteiger partial charge < -0.3 is 4.90 Å². The molecule has 1 N–H and O–H groups in total. The van der Waals surface area contributed by atoms with E-state index in [0.29, 0.717) is 22.8 Å². The SMILES string of the molecule is O=C(C1CC1)N1CCc2ccc(NS(=O)(=O)Cc3ccccc3Cl)cc2C1. The second-order valence-corrected chi connectivity index (χ2v) is 9.35. The summed E-state index contributed by atoms with van der Waals surface area (Å²) in [5, 5.41) is 0.433. The molecule has 2 aliphatic rings. The Kier molecular flexibility index (Phi) is 4.86. The van der Waals surface area contributed by atoms with Gasteiger partial charge in [-0.2, -0.15) is 0 Å². The number of carbonyl (C=O) groups is 1. The number of fused-ring (bicyclic) bond motifs is 1. The Morgan fingerprint density at radius 2 is 1.93 bits per heavy atom. The fourth-order valence-electron chi connectivity index (χ4n) is 3.43. The molecule has 0 spiro atoms. The van der Waals surface area contributed by atoms with Gasteiger partial charge >= 0.3 is 0 Å². The Hall–Kier alpha value is -2.05. The minimum atomic E-state index is -3.59. The average molecular weight is 405 g/mol. The van der Waals surface area contributed by atoms with E-state index >= 15 is 0 Å². The first-order valence-corrected chi connectivity index (χ1v) is 11.1. The molecule has 1 aliphatic heterocycles. The fraction of sp³-hybridized carbons (Fsp3) is 0.350. The van der Waals surface area contributed by atoms with Gasteiger partial charge in [-0.25, -0.2) is 8.42 Å². The standard InChI is InChI=1S/C20H21ClN2O3S/c21-19-4-2-1-3-16(19)13-27(25,26)22-18-8-7-14-9-10-23(12-17(14)11-18)20(24)15-5-6-15/h1-4,7-8,11,15,22H,5-6,9-10,12-13H2. The van der Waals surface area contributed by atoms with Crippen molar-refractivity contribution >= 4 is 33.2 Å². The highest BCUT2D eigenvalue weighted by Crippen LogP contribution is 2.33. The quantitative estimate of drug-likeness (QED) is 0.828. The number of rotatable bonds is 5. The minimum absolute atomic E-state index is 0.184. The first-order chi connectivity index (χ1) is 12.9. The third kappa shape index (κ3) is 4.28. The number of nitrogens with one attached hydrogen (secondary N) is 1. The maximum absolute atomic E-state index is 12.5. The van der Waals surface area contributed by atoms with Gasteiger partial charge in [0.2, 0.25) is 15.9 Å². The van der Waals surface area contributed by atoms with Crippen molar-refractivity contribution in [1.29, 1.82) is 0 Å². The van der Waals surface area contributed by atoms with Crippen molar-refractivity contribution < 1.29 is 13.2 Å². The molecule has 0 aromatic heterocycles. The van der Waals surface area contributed by atoms with Gasteiger partial charge in [0, 0.05) is 29.7 Å². The Bertz CT molecular complexity index is 986. The lowest BCUT2D eigenvalue weighted by Gasteiger charge is -2.29. The largest absolute Gasteiger partial charge is 0.338 e. The van der Waals surface area contributed by atoms with Gasteiger partial charge in [0.15, 0.2) is 0 Å². The number of benzene rings is 2. The second kappa shape index (κ2) is 7.17. The van der Waals surface area contributed by atoms with Crippen LogP contribution in [0.3, 0.4) is 0 Å². The Morgan fingerprint density at radius 3 is 2.67 bits per heavy atom. The van der Waals surface area contributed by atoms with Gasteiger partial charge in [-0.15, -0.1) is 0 Å². The van der Waals surface area contributed by atoms with Crippen LogP contribution in [-0.2, 0) is 33.5 Å². The van der Waals surface area contributed by atoms with Crippen molar-refractivity contribution in [2.45, 2.75) is 31.6 Å². The molecular formula is C20H21ClN2O3S. The molecule has 0 unspecified atom stereocenters. The van der Waals surface area contributed by atoms with Gasteiger partial charge in [-0.05, 0) is 54.2 Å². The van der Waals surface area contributed by atoms with Crippen molar-refractivity contribution in [3.05, 3.63) is 64.2 Å². The van der Waals surface area contributed by atoms with E-state index in [-0.39, 0.29) is 17.6 Å². The van der Waals surface area contributed by atoms with E-state index in [2.05, 4.69) is 4.72 Å². The van der Waals surface area contributed by atoms with Crippen LogP contribution in [0.25, 0.3) is 0 Å². The molecule has 1 heterocycles. The number of halogens is 1. The summed E-state index contributed by atoms with van der Waals surface area (Å²) in [4.78, 5) is 14.2. The van der Waals surface area contributed by atoms with E-state index in [1.165, 1.54) is 5.56 Å². The number of hydrogen-bond donors (Lipinski definition) is 1. The van der Waals surface area contributed by atoms with Gasteiger partial charge in [0.25, 0.3) is 0 Å². The molecule has 2 aromatic rings. The van der Waals surface area contributed by atoms with E-state index < -0.39 is 10.0 Å². The molecule has 1 saturated carbocycles. The zero-order valence-corrected chi connectivity index (χ0v) is 16.4. The molecular weight excluding hydrogens is 384 g/mol. The lowest BCUT2D eigenvalue weighted by atomic mass is 9.99. The van der Waals surface area contributed by atoms with Crippen LogP contribution < -0.4 is 4.72 Å². The summed E-state index contributed by atoms with van der Waals surface area (Å²) in [6.45, 7) is 1.28. The lowest BCUT2D eigenvalue weighted by Crippen LogP contribution is -2.36. The van der Waals surface area contributed by atoms with Gasteiger partial charge in [0.1, 0.15) is 0 Å². The van der Waals surface area contributed by atoms with Crippen LogP contribution in [0.1, 0.15) is 29.5 Å². The smallest absolute Gasteiger partial charge is 0.236 e. The summed E-state index contributed by atoms with van der Waals surface area (Å²) in [5.74, 6) is 0.241. The monoisotopic (exact) mass is 404 g/mol. The Balaban J connectivity index is 1.49. The molecule has 0 atom stereocenters. The van der Waals surface area contributed by atoms with Crippen LogP contribution in [0.15, 0.2) is 42.5 Å². The van der Waals surface area contributed by atoms with Crippen molar-refractivity contribution in [3.63, 3.8) is 0 Å². The minimum Gasteiger partial charge on any atom is -0.338 e. The van der Waals surface area contributed by atoms with E-state index in [9.17, 15) is 13.2 Å². The van der Waals surface area contributed by atoms with Crippen molar-refractivity contribution in [1.82, 2.24) is 4.90 Å². The highest BCUT2D eigenvalue weighted by molar-refractivity contribution is 7.91. The predicted octanol–water partition coefficient (Wildman–Crippen LogP) is 3.58. The second-order valence-electron chi connectivity index (χ2n) is 7.22. The molecule has 0 saturated heterocycles.